The maximum atomic E-state index is 12.7. The van der Waals surface area contributed by atoms with E-state index in [1.165, 1.54) is 70.6 Å². The molecule has 0 rings (SSSR count). The van der Waals surface area contributed by atoms with Gasteiger partial charge in [-0.3, -0.25) is 14.4 Å². The van der Waals surface area contributed by atoms with Crippen LogP contribution in [0.1, 0.15) is 194 Å². The molecule has 0 amide bonds. The van der Waals surface area contributed by atoms with Crippen molar-refractivity contribution in [3.8, 4) is 0 Å². The molecule has 0 heterocycles. The van der Waals surface area contributed by atoms with Gasteiger partial charge in [0.25, 0.3) is 0 Å². The van der Waals surface area contributed by atoms with Crippen LogP contribution >= 0.6 is 0 Å². The summed E-state index contributed by atoms with van der Waals surface area (Å²) in [6.07, 6.45) is 59.5. The molecule has 0 bridgehead atoms. The van der Waals surface area contributed by atoms with Crippen molar-refractivity contribution >= 4 is 17.9 Å². The number of carbonyl (C=O) groups is 3. The zero-order valence-electron chi connectivity index (χ0n) is 37.3. The first-order chi connectivity index (χ1) is 28.5. The van der Waals surface area contributed by atoms with Gasteiger partial charge in [-0.2, -0.15) is 0 Å². The largest absolute Gasteiger partial charge is 0.462 e. The maximum absolute atomic E-state index is 12.7. The highest BCUT2D eigenvalue weighted by molar-refractivity contribution is 5.71. The van der Waals surface area contributed by atoms with E-state index >= 15 is 0 Å². The van der Waals surface area contributed by atoms with Crippen molar-refractivity contribution in [2.75, 3.05) is 13.2 Å². The van der Waals surface area contributed by atoms with Crippen LogP contribution < -0.4 is 0 Å². The normalized spacial score (nSPS) is 12.9. The standard InChI is InChI=1S/C52H84O6/c1-4-7-10-13-16-19-22-23-24-25-26-27-28-29-31-33-36-39-42-45-51(54)57-48-49(47-56-50(53)44-41-38-35-32-21-18-15-12-9-6-3)58-52(55)46-43-40-37-34-30-20-17-14-11-8-5-2/h7,10,13-14,16-17,19,22-29,31,49H,4-6,8-9,11-12,15,18,20-21,30,32-48H2,1-3H3/b10-7-,16-13-,17-14-,22-19-,24-23-,26-25+,28-27-,31-29-. The summed E-state index contributed by atoms with van der Waals surface area (Å²) in [5, 5.41) is 0. The quantitative estimate of drug-likeness (QED) is 0.0202. The van der Waals surface area contributed by atoms with Gasteiger partial charge >= 0.3 is 17.9 Å². The van der Waals surface area contributed by atoms with Crippen LogP contribution in [0.5, 0.6) is 0 Å². The number of hydrogen-bond acceptors (Lipinski definition) is 6. The predicted octanol–water partition coefficient (Wildman–Crippen LogP) is 15.0. The molecule has 0 aliphatic carbocycles. The van der Waals surface area contributed by atoms with Crippen LogP contribution in [0.25, 0.3) is 0 Å². The Morgan fingerprint density at radius 1 is 0.362 bits per heavy atom. The minimum Gasteiger partial charge on any atom is -0.462 e. The minimum atomic E-state index is -0.797. The van der Waals surface area contributed by atoms with Gasteiger partial charge in [0.2, 0.25) is 0 Å². The number of ether oxygens (including phenoxy) is 3. The SMILES string of the molecule is CC\C=C/C=C\C=C/C=C\C=C\C=C/C=C\CCCCCC(=O)OCC(COC(=O)CCCCCCCCCCCC)OC(=O)CCCCCCC/C=C\CCCC. The summed E-state index contributed by atoms with van der Waals surface area (Å²) in [6.45, 7) is 6.37. The number of allylic oxidation sites excluding steroid dienone is 16. The summed E-state index contributed by atoms with van der Waals surface area (Å²) in [6, 6.07) is 0. The molecule has 0 saturated carbocycles. The molecule has 6 nitrogen and oxygen atoms in total. The average Bonchev–Trinajstić information content (AvgIpc) is 3.22. The van der Waals surface area contributed by atoms with E-state index in [4.69, 9.17) is 14.2 Å². The Morgan fingerprint density at radius 2 is 0.707 bits per heavy atom. The zero-order valence-corrected chi connectivity index (χ0v) is 37.3. The monoisotopic (exact) mass is 805 g/mol. The first-order valence-electron chi connectivity index (χ1n) is 23.3. The Labute approximate surface area is 356 Å². The topological polar surface area (TPSA) is 78.9 Å². The van der Waals surface area contributed by atoms with Crippen LogP contribution in [0.3, 0.4) is 0 Å². The third kappa shape index (κ3) is 43.5. The molecule has 0 aliphatic rings. The molecule has 0 aromatic rings. The molecule has 0 fully saturated rings. The molecule has 0 aromatic heterocycles. The summed E-state index contributed by atoms with van der Waals surface area (Å²) in [4.78, 5) is 37.7. The van der Waals surface area contributed by atoms with Crippen molar-refractivity contribution < 1.29 is 28.6 Å². The smallest absolute Gasteiger partial charge is 0.306 e. The van der Waals surface area contributed by atoms with Crippen molar-refractivity contribution in [1.82, 2.24) is 0 Å². The Hall–Kier alpha value is -3.67. The molecule has 0 aromatic carbocycles. The van der Waals surface area contributed by atoms with E-state index < -0.39 is 6.10 Å². The lowest BCUT2D eigenvalue weighted by Gasteiger charge is -2.18. The Kier molecular flexibility index (Phi) is 43.1. The van der Waals surface area contributed by atoms with Gasteiger partial charge in [-0.25, -0.2) is 0 Å². The summed E-state index contributed by atoms with van der Waals surface area (Å²) >= 11 is 0. The van der Waals surface area contributed by atoms with E-state index in [1.54, 1.807) is 0 Å². The molecule has 0 aliphatic heterocycles. The van der Waals surface area contributed by atoms with Gasteiger partial charge in [-0.05, 0) is 57.8 Å². The Morgan fingerprint density at radius 3 is 1.17 bits per heavy atom. The second-order valence-corrected chi connectivity index (χ2v) is 15.1. The van der Waals surface area contributed by atoms with Crippen LogP contribution in [0.15, 0.2) is 97.2 Å². The molecular weight excluding hydrogens is 721 g/mol. The van der Waals surface area contributed by atoms with Crippen molar-refractivity contribution in [1.29, 1.82) is 0 Å². The fourth-order valence-corrected chi connectivity index (χ4v) is 5.99. The van der Waals surface area contributed by atoms with Crippen LogP contribution in [-0.4, -0.2) is 37.2 Å². The molecule has 58 heavy (non-hydrogen) atoms. The highest BCUT2D eigenvalue weighted by Gasteiger charge is 2.19. The number of unbranched alkanes of at least 4 members (excludes halogenated alkanes) is 19. The van der Waals surface area contributed by atoms with Gasteiger partial charge in [0.15, 0.2) is 6.10 Å². The molecule has 328 valence electrons. The number of carbonyl (C=O) groups excluding carboxylic acids is 3. The summed E-state index contributed by atoms with van der Waals surface area (Å²) in [5.41, 5.74) is 0. The summed E-state index contributed by atoms with van der Waals surface area (Å²) in [5.74, 6) is -0.963. The van der Waals surface area contributed by atoms with Crippen molar-refractivity contribution in [2.24, 2.45) is 0 Å². The predicted molar refractivity (Wildman–Crippen MR) is 247 cm³/mol. The van der Waals surface area contributed by atoms with Crippen molar-refractivity contribution in [3.63, 3.8) is 0 Å². The van der Waals surface area contributed by atoms with Crippen LogP contribution in [0.2, 0.25) is 0 Å². The summed E-state index contributed by atoms with van der Waals surface area (Å²) in [7, 11) is 0. The van der Waals surface area contributed by atoms with E-state index in [0.29, 0.717) is 19.3 Å². The minimum absolute atomic E-state index is 0.0960. The average molecular weight is 805 g/mol. The van der Waals surface area contributed by atoms with E-state index in [2.05, 4.69) is 45.1 Å². The lowest BCUT2D eigenvalue weighted by atomic mass is 10.1. The summed E-state index contributed by atoms with van der Waals surface area (Å²) < 4.78 is 16.7. The van der Waals surface area contributed by atoms with Gasteiger partial charge in [-0.15, -0.1) is 0 Å². The van der Waals surface area contributed by atoms with Crippen molar-refractivity contribution in [3.05, 3.63) is 97.2 Å². The molecule has 6 heteroatoms. The second kappa shape index (κ2) is 46.0. The van der Waals surface area contributed by atoms with E-state index in [1.807, 2.05) is 72.9 Å². The molecule has 0 N–H and O–H groups in total. The lowest BCUT2D eigenvalue weighted by Crippen LogP contribution is -2.30. The van der Waals surface area contributed by atoms with E-state index in [9.17, 15) is 14.4 Å². The highest BCUT2D eigenvalue weighted by Crippen LogP contribution is 2.13. The number of hydrogen-bond donors (Lipinski definition) is 0. The fraction of sp³-hybridized carbons (Fsp3) is 0.635. The van der Waals surface area contributed by atoms with Crippen LogP contribution in [-0.2, 0) is 28.6 Å². The zero-order chi connectivity index (χ0) is 42.3. The van der Waals surface area contributed by atoms with Gasteiger partial charge < -0.3 is 14.2 Å². The number of esters is 3. The van der Waals surface area contributed by atoms with Gasteiger partial charge in [0.1, 0.15) is 13.2 Å². The third-order valence-electron chi connectivity index (χ3n) is 9.52. The maximum Gasteiger partial charge on any atom is 0.306 e. The second-order valence-electron chi connectivity index (χ2n) is 15.1. The van der Waals surface area contributed by atoms with Crippen LogP contribution in [0.4, 0.5) is 0 Å². The first-order valence-corrected chi connectivity index (χ1v) is 23.3. The van der Waals surface area contributed by atoms with Crippen LogP contribution in [0, 0.1) is 0 Å². The number of rotatable bonds is 40. The molecule has 1 unspecified atom stereocenters. The van der Waals surface area contributed by atoms with Gasteiger partial charge in [0, 0.05) is 19.3 Å². The van der Waals surface area contributed by atoms with E-state index in [0.717, 1.165) is 83.5 Å². The fourth-order valence-electron chi connectivity index (χ4n) is 5.99. The third-order valence-corrected chi connectivity index (χ3v) is 9.52. The lowest BCUT2D eigenvalue weighted by molar-refractivity contribution is -0.167. The molecule has 0 radical (unpaired) electrons. The van der Waals surface area contributed by atoms with Gasteiger partial charge in [0.05, 0.1) is 0 Å². The Balaban J connectivity index is 4.48. The molecule has 0 spiro atoms. The van der Waals surface area contributed by atoms with Crippen molar-refractivity contribution in [2.45, 2.75) is 200 Å². The first kappa shape index (κ1) is 54.3. The van der Waals surface area contributed by atoms with E-state index in [-0.39, 0.29) is 31.1 Å². The Bertz CT molecular complexity index is 1200. The molecule has 1 atom stereocenters. The van der Waals surface area contributed by atoms with Gasteiger partial charge in [-0.1, -0.05) is 214 Å². The molecular formula is C52H84O6. The molecule has 0 saturated heterocycles. The highest BCUT2D eigenvalue weighted by atomic mass is 16.6.